The lowest BCUT2D eigenvalue weighted by Gasteiger charge is -2.08. The minimum atomic E-state index is -0.810. The molecule has 0 heterocycles. The summed E-state index contributed by atoms with van der Waals surface area (Å²) in [5.41, 5.74) is 5.15. The zero-order valence-corrected chi connectivity index (χ0v) is 8.47. The number of ether oxygens (including phenoxy) is 1. The van der Waals surface area contributed by atoms with Gasteiger partial charge in [-0.05, 0) is 19.1 Å². The fourth-order valence-corrected chi connectivity index (χ4v) is 1.00. The smallest absolute Gasteiger partial charge is 0.321 e. The highest BCUT2D eigenvalue weighted by molar-refractivity contribution is 6.00. The van der Waals surface area contributed by atoms with Gasteiger partial charge in [0.1, 0.15) is 11.7 Å². The predicted octanol–water partition coefficient (Wildman–Crippen LogP) is 0.756. The highest BCUT2D eigenvalue weighted by Crippen LogP contribution is 2.11. The van der Waals surface area contributed by atoms with Gasteiger partial charge in [0, 0.05) is 0 Å². The van der Waals surface area contributed by atoms with Crippen LogP contribution in [0.2, 0.25) is 0 Å². The molecule has 0 fully saturated rings. The van der Waals surface area contributed by atoms with Gasteiger partial charge in [-0.3, -0.25) is 9.59 Å². The van der Waals surface area contributed by atoms with Crippen molar-refractivity contribution in [2.75, 3.05) is 6.54 Å². The van der Waals surface area contributed by atoms with Gasteiger partial charge in [0.15, 0.2) is 5.78 Å². The standard InChI is InChI=1S/C11H13NO3/c1-8(10(13)7-12)11(14)15-9-5-3-2-4-6-9/h2-6,8H,7,12H2,1H3. The van der Waals surface area contributed by atoms with E-state index >= 15 is 0 Å². The quantitative estimate of drug-likeness (QED) is 0.449. The number of hydrogen-bond acceptors (Lipinski definition) is 4. The minimum Gasteiger partial charge on any atom is -0.426 e. The molecule has 0 radical (unpaired) electrons. The number of esters is 1. The third-order valence-electron chi connectivity index (χ3n) is 2.00. The Bertz CT molecular complexity index is 348. The second-order valence-electron chi connectivity index (χ2n) is 3.13. The number of hydrogen-bond donors (Lipinski definition) is 1. The van der Waals surface area contributed by atoms with Crippen LogP contribution in [0.4, 0.5) is 0 Å². The summed E-state index contributed by atoms with van der Waals surface area (Å²) in [4.78, 5) is 22.5. The summed E-state index contributed by atoms with van der Waals surface area (Å²) in [6, 6.07) is 8.61. The largest absolute Gasteiger partial charge is 0.426 e. The number of rotatable bonds is 4. The highest BCUT2D eigenvalue weighted by atomic mass is 16.5. The van der Waals surface area contributed by atoms with Crippen molar-refractivity contribution in [2.24, 2.45) is 11.7 Å². The Labute approximate surface area is 88.0 Å². The Morgan fingerprint density at radius 1 is 1.33 bits per heavy atom. The second kappa shape index (κ2) is 5.26. The molecule has 4 heteroatoms. The van der Waals surface area contributed by atoms with Gasteiger partial charge in [-0.25, -0.2) is 0 Å². The number of para-hydroxylation sites is 1. The third-order valence-corrected chi connectivity index (χ3v) is 2.00. The molecule has 0 bridgehead atoms. The molecule has 0 amide bonds. The molecule has 1 rings (SSSR count). The van der Waals surface area contributed by atoms with E-state index in [0.29, 0.717) is 5.75 Å². The summed E-state index contributed by atoms with van der Waals surface area (Å²) < 4.78 is 4.98. The molecule has 0 aliphatic rings. The lowest BCUT2D eigenvalue weighted by molar-refractivity contribution is -0.142. The van der Waals surface area contributed by atoms with E-state index in [-0.39, 0.29) is 12.3 Å². The predicted molar refractivity (Wildman–Crippen MR) is 55.3 cm³/mol. The van der Waals surface area contributed by atoms with Crippen LogP contribution in [-0.2, 0) is 9.59 Å². The van der Waals surface area contributed by atoms with E-state index in [1.165, 1.54) is 6.92 Å². The van der Waals surface area contributed by atoms with Crippen LogP contribution in [0.5, 0.6) is 5.75 Å². The van der Waals surface area contributed by atoms with Crippen molar-refractivity contribution in [2.45, 2.75) is 6.92 Å². The van der Waals surface area contributed by atoms with E-state index in [1.54, 1.807) is 24.3 Å². The van der Waals surface area contributed by atoms with E-state index in [2.05, 4.69) is 0 Å². The topological polar surface area (TPSA) is 69.4 Å². The number of benzene rings is 1. The van der Waals surface area contributed by atoms with Crippen molar-refractivity contribution in [3.05, 3.63) is 30.3 Å². The van der Waals surface area contributed by atoms with Crippen LogP contribution in [0.1, 0.15) is 6.92 Å². The molecular formula is C11H13NO3. The molecule has 1 unspecified atom stereocenters. The summed E-state index contributed by atoms with van der Waals surface area (Å²) in [7, 11) is 0. The number of carbonyl (C=O) groups excluding carboxylic acids is 2. The zero-order valence-electron chi connectivity index (χ0n) is 8.47. The van der Waals surface area contributed by atoms with Gasteiger partial charge in [0.25, 0.3) is 0 Å². The molecule has 1 aromatic rings. The normalized spacial score (nSPS) is 11.9. The summed E-state index contributed by atoms with van der Waals surface area (Å²) in [6.07, 6.45) is 0. The van der Waals surface area contributed by atoms with Crippen molar-refractivity contribution in [3.63, 3.8) is 0 Å². The second-order valence-corrected chi connectivity index (χ2v) is 3.13. The van der Waals surface area contributed by atoms with Gasteiger partial charge < -0.3 is 10.5 Å². The number of Topliss-reactive ketones (excluding diaryl/α,β-unsaturated/α-hetero) is 1. The maximum absolute atomic E-state index is 11.4. The molecule has 0 aromatic heterocycles. The summed E-state index contributed by atoms with van der Waals surface area (Å²) in [5.74, 6) is -1.28. The van der Waals surface area contributed by atoms with Crippen LogP contribution in [0.15, 0.2) is 30.3 Å². The zero-order chi connectivity index (χ0) is 11.3. The van der Waals surface area contributed by atoms with Gasteiger partial charge >= 0.3 is 5.97 Å². The fourth-order valence-electron chi connectivity index (χ4n) is 1.00. The molecule has 1 atom stereocenters. The number of nitrogens with two attached hydrogens (primary N) is 1. The van der Waals surface area contributed by atoms with Crippen molar-refractivity contribution in [1.82, 2.24) is 0 Å². The Morgan fingerprint density at radius 3 is 2.47 bits per heavy atom. The summed E-state index contributed by atoms with van der Waals surface area (Å²) in [5, 5.41) is 0. The molecule has 80 valence electrons. The van der Waals surface area contributed by atoms with Gasteiger partial charge in [-0.2, -0.15) is 0 Å². The van der Waals surface area contributed by atoms with Crippen molar-refractivity contribution in [3.8, 4) is 5.75 Å². The van der Waals surface area contributed by atoms with E-state index in [1.807, 2.05) is 6.07 Å². The fraction of sp³-hybridized carbons (Fsp3) is 0.273. The molecule has 15 heavy (non-hydrogen) atoms. The summed E-state index contributed by atoms with van der Waals surface area (Å²) >= 11 is 0. The average molecular weight is 207 g/mol. The van der Waals surface area contributed by atoms with Crippen LogP contribution < -0.4 is 10.5 Å². The maximum atomic E-state index is 11.4. The van der Waals surface area contributed by atoms with E-state index in [0.717, 1.165) is 0 Å². The van der Waals surface area contributed by atoms with E-state index in [4.69, 9.17) is 10.5 Å². The van der Waals surface area contributed by atoms with E-state index < -0.39 is 11.9 Å². The first-order chi connectivity index (χ1) is 7.15. The van der Waals surface area contributed by atoms with Crippen LogP contribution in [0.3, 0.4) is 0 Å². The molecule has 2 N–H and O–H groups in total. The van der Waals surface area contributed by atoms with Gasteiger partial charge in [-0.1, -0.05) is 18.2 Å². The molecular weight excluding hydrogens is 194 g/mol. The van der Waals surface area contributed by atoms with Crippen molar-refractivity contribution >= 4 is 11.8 Å². The molecule has 4 nitrogen and oxygen atoms in total. The number of carbonyl (C=O) groups is 2. The third kappa shape index (κ3) is 3.18. The Balaban J connectivity index is 2.60. The summed E-state index contributed by atoms with van der Waals surface area (Å²) in [6.45, 7) is 1.34. The Hall–Kier alpha value is -1.68. The van der Waals surface area contributed by atoms with Crippen LogP contribution in [0.25, 0.3) is 0 Å². The SMILES string of the molecule is CC(C(=O)CN)C(=O)Oc1ccccc1. The Morgan fingerprint density at radius 2 is 1.93 bits per heavy atom. The van der Waals surface area contributed by atoms with Crippen molar-refractivity contribution < 1.29 is 14.3 Å². The van der Waals surface area contributed by atoms with Gasteiger partial charge in [0.05, 0.1) is 6.54 Å². The van der Waals surface area contributed by atoms with Gasteiger partial charge in [-0.15, -0.1) is 0 Å². The first-order valence-corrected chi connectivity index (χ1v) is 4.64. The molecule has 1 aromatic carbocycles. The van der Waals surface area contributed by atoms with Crippen LogP contribution in [0, 0.1) is 5.92 Å². The minimum absolute atomic E-state index is 0.148. The maximum Gasteiger partial charge on any atom is 0.321 e. The van der Waals surface area contributed by atoms with Gasteiger partial charge in [0.2, 0.25) is 0 Å². The number of ketones is 1. The molecule has 0 aliphatic carbocycles. The molecule has 0 spiro atoms. The van der Waals surface area contributed by atoms with Crippen LogP contribution in [-0.4, -0.2) is 18.3 Å². The Kier molecular flexibility index (Phi) is 4.00. The molecule has 0 saturated carbocycles. The average Bonchev–Trinajstić information content (AvgIpc) is 2.28. The lowest BCUT2D eigenvalue weighted by Crippen LogP contribution is -2.30. The first kappa shape index (κ1) is 11.4. The van der Waals surface area contributed by atoms with Crippen LogP contribution >= 0.6 is 0 Å². The molecule has 0 saturated heterocycles. The van der Waals surface area contributed by atoms with E-state index in [9.17, 15) is 9.59 Å². The lowest BCUT2D eigenvalue weighted by atomic mass is 10.1. The first-order valence-electron chi connectivity index (χ1n) is 4.64. The molecule has 0 aliphatic heterocycles. The van der Waals surface area contributed by atoms with Crippen molar-refractivity contribution in [1.29, 1.82) is 0 Å². The highest BCUT2D eigenvalue weighted by Gasteiger charge is 2.21. The monoisotopic (exact) mass is 207 g/mol.